The molecular formula is C27H24N2O5. The third-order valence-corrected chi connectivity index (χ3v) is 6.35. The summed E-state index contributed by atoms with van der Waals surface area (Å²) in [5.74, 6) is -0.383. The highest BCUT2D eigenvalue weighted by Crippen LogP contribution is 2.37. The van der Waals surface area contributed by atoms with Gasteiger partial charge < -0.3 is 19.5 Å². The fourth-order valence-electron chi connectivity index (χ4n) is 4.58. The Morgan fingerprint density at radius 3 is 2.18 bits per heavy atom. The number of aromatic carboxylic acids is 2. The fourth-order valence-corrected chi connectivity index (χ4v) is 4.58. The molecule has 7 heteroatoms. The molecule has 3 aromatic carbocycles. The Morgan fingerprint density at radius 1 is 0.882 bits per heavy atom. The van der Waals surface area contributed by atoms with Gasteiger partial charge in [0, 0.05) is 11.6 Å². The summed E-state index contributed by atoms with van der Waals surface area (Å²) in [5, 5.41) is 18.4. The Labute approximate surface area is 196 Å². The Hall–Kier alpha value is -4.13. The Balaban J connectivity index is 1.41. The average Bonchev–Trinajstić information content (AvgIpc) is 3.50. The highest BCUT2D eigenvalue weighted by molar-refractivity contribution is 5.93. The number of imidazole rings is 1. The van der Waals surface area contributed by atoms with Crippen LogP contribution in [0.3, 0.4) is 0 Å². The van der Waals surface area contributed by atoms with E-state index in [0.717, 1.165) is 35.3 Å². The highest BCUT2D eigenvalue weighted by atomic mass is 16.5. The highest BCUT2D eigenvalue weighted by Gasteiger charge is 2.24. The van der Waals surface area contributed by atoms with Gasteiger partial charge in [-0.05, 0) is 73.0 Å². The van der Waals surface area contributed by atoms with Crippen molar-refractivity contribution in [2.75, 3.05) is 0 Å². The van der Waals surface area contributed by atoms with E-state index in [9.17, 15) is 14.7 Å². The SMILES string of the molecule is O=C(O)c1ccc(COc2ccc(-c3nc4cc(C(=O)O)ccc4n3C3CCCC3)cc2)cc1. The van der Waals surface area contributed by atoms with Crippen LogP contribution in [-0.4, -0.2) is 31.7 Å². The van der Waals surface area contributed by atoms with Crippen LogP contribution in [0.5, 0.6) is 5.75 Å². The van der Waals surface area contributed by atoms with Crippen LogP contribution in [0.15, 0.2) is 66.7 Å². The van der Waals surface area contributed by atoms with Crippen molar-refractivity contribution in [1.29, 1.82) is 0 Å². The molecule has 1 saturated carbocycles. The molecule has 0 unspecified atom stereocenters. The van der Waals surface area contributed by atoms with Crippen molar-refractivity contribution in [1.82, 2.24) is 9.55 Å². The summed E-state index contributed by atoms with van der Waals surface area (Å²) in [6.07, 6.45) is 4.52. The smallest absolute Gasteiger partial charge is 0.335 e. The maximum Gasteiger partial charge on any atom is 0.335 e. The number of nitrogens with zero attached hydrogens (tertiary/aromatic N) is 2. The molecule has 0 bridgehead atoms. The molecule has 1 heterocycles. The average molecular weight is 456 g/mol. The third kappa shape index (κ3) is 4.24. The second-order valence-electron chi connectivity index (χ2n) is 8.57. The Kier molecular flexibility index (Phi) is 5.76. The minimum absolute atomic E-state index is 0.232. The number of carboxylic acid groups (broad SMARTS) is 2. The summed E-state index contributed by atoms with van der Waals surface area (Å²) < 4.78 is 8.13. The number of rotatable bonds is 7. The van der Waals surface area contributed by atoms with Crippen LogP contribution in [0.25, 0.3) is 22.4 Å². The molecule has 0 radical (unpaired) electrons. The van der Waals surface area contributed by atoms with Crippen LogP contribution in [-0.2, 0) is 6.61 Å². The zero-order valence-corrected chi connectivity index (χ0v) is 18.5. The quantitative estimate of drug-likeness (QED) is 0.365. The summed E-state index contributed by atoms with van der Waals surface area (Å²) in [6.45, 7) is 0.331. The van der Waals surface area contributed by atoms with Gasteiger partial charge in [-0.1, -0.05) is 25.0 Å². The number of benzene rings is 3. The predicted molar refractivity (Wildman–Crippen MR) is 127 cm³/mol. The van der Waals surface area contributed by atoms with Crippen molar-refractivity contribution in [3.8, 4) is 17.1 Å². The molecule has 0 amide bonds. The van der Waals surface area contributed by atoms with Crippen molar-refractivity contribution < 1.29 is 24.5 Å². The van der Waals surface area contributed by atoms with E-state index in [-0.39, 0.29) is 11.1 Å². The van der Waals surface area contributed by atoms with Crippen LogP contribution in [0.1, 0.15) is 58.0 Å². The second kappa shape index (κ2) is 9.02. The summed E-state index contributed by atoms with van der Waals surface area (Å²) in [4.78, 5) is 27.3. The largest absolute Gasteiger partial charge is 0.489 e. The van der Waals surface area contributed by atoms with Crippen LogP contribution in [0, 0.1) is 0 Å². The topological polar surface area (TPSA) is 102 Å². The Morgan fingerprint density at radius 2 is 1.53 bits per heavy atom. The lowest BCUT2D eigenvalue weighted by molar-refractivity contribution is 0.0686. The van der Waals surface area contributed by atoms with E-state index >= 15 is 0 Å². The predicted octanol–water partition coefficient (Wildman–Crippen LogP) is 5.79. The standard InChI is InChI=1S/C27H24N2O5/c30-26(31)19-7-5-17(6-8-19)16-34-22-12-9-18(10-13-22)25-28-23-15-20(27(32)33)11-14-24(23)29(25)21-3-1-2-4-21/h5-15,21H,1-4,16H2,(H,30,31)(H,32,33). The molecular weight excluding hydrogens is 432 g/mol. The van der Waals surface area contributed by atoms with E-state index in [4.69, 9.17) is 14.8 Å². The number of fused-ring (bicyclic) bond motifs is 1. The first-order chi connectivity index (χ1) is 16.5. The molecule has 5 rings (SSSR count). The van der Waals surface area contributed by atoms with Gasteiger partial charge in [0.15, 0.2) is 0 Å². The minimum Gasteiger partial charge on any atom is -0.489 e. The van der Waals surface area contributed by atoms with Crippen LogP contribution < -0.4 is 4.74 Å². The van der Waals surface area contributed by atoms with Crippen LogP contribution in [0.4, 0.5) is 0 Å². The van der Waals surface area contributed by atoms with Gasteiger partial charge in [-0.15, -0.1) is 0 Å². The second-order valence-corrected chi connectivity index (χ2v) is 8.57. The van der Waals surface area contributed by atoms with E-state index in [0.29, 0.717) is 23.9 Å². The van der Waals surface area contributed by atoms with Crippen molar-refractivity contribution in [2.24, 2.45) is 0 Å². The molecule has 0 aliphatic heterocycles. The monoisotopic (exact) mass is 456 g/mol. The van der Waals surface area contributed by atoms with Crippen molar-refractivity contribution >= 4 is 23.0 Å². The first-order valence-electron chi connectivity index (χ1n) is 11.3. The van der Waals surface area contributed by atoms with Crippen LogP contribution in [0.2, 0.25) is 0 Å². The van der Waals surface area contributed by atoms with E-state index < -0.39 is 11.9 Å². The fraction of sp³-hybridized carbons (Fsp3) is 0.222. The van der Waals surface area contributed by atoms with E-state index in [1.54, 1.807) is 36.4 Å². The maximum atomic E-state index is 11.4. The van der Waals surface area contributed by atoms with Gasteiger partial charge in [0.05, 0.1) is 22.2 Å². The molecule has 1 fully saturated rings. The lowest BCUT2D eigenvalue weighted by Crippen LogP contribution is -2.06. The molecule has 7 nitrogen and oxygen atoms in total. The minimum atomic E-state index is -0.960. The number of carboxylic acids is 2. The molecule has 34 heavy (non-hydrogen) atoms. The van der Waals surface area contributed by atoms with E-state index in [1.165, 1.54) is 12.8 Å². The van der Waals surface area contributed by atoms with Crippen molar-refractivity contribution in [3.63, 3.8) is 0 Å². The molecule has 1 aromatic heterocycles. The molecule has 0 atom stereocenters. The maximum absolute atomic E-state index is 11.4. The molecule has 1 aliphatic rings. The Bertz CT molecular complexity index is 1350. The summed E-state index contributed by atoms with van der Waals surface area (Å²) in [7, 11) is 0. The van der Waals surface area contributed by atoms with Gasteiger partial charge >= 0.3 is 11.9 Å². The molecule has 4 aromatic rings. The van der Waals surface area contributed by atoms with Crippen LogP contribution >= 0.6 is 0 Å². The molecule has 1 aliphatic carbocycles. The first kappa shape index (κ1) is 21.7. The first-order valence-corrected chi connectivity index (χ1v) is 11.3. The lowest BCUT2D eigenvalue weighted by Gasteiger charge is -2.17. The van der Waals surface area contributed by atoms with Crippen molar-refractivity contribution in [3.05, 3.63) is 83.4 Å². The molecule has 2 N–H and O–H groups in total. The van der Waals surface area contributed by atoms with Gasteiger partial charge in [0.25, 0.3) is 0 Å². The van der Waals surface area contributed by atoms with E-state index in [1.807, 2.05) is 30.3 Å². The van der Waals surface area contributed by atoms with Gasteiger partial charge in [-0.25, -0.2) is 14.6 Å². The molecule has 172 valence electrons. The van der Waals surface area contributed by atoms with Gasteiger partial charge in [0.1, 0.15) is 18.2 Å². The van der Waals surface area contributed by atoms with Gasteiger partial charge in [0.2, 0.25) is 0 Å². The number of carbonyl (C=O) groups is 2. The zero-order chi connectivity index (χ0) is 23.7. The summed E-state index contributed by atoms with van der Waals surface area (Å²) >= 11 is 0. The zero-order valence-electron chi connectivity index (χ0n) is 18.5. The van der Waals surface area contributed by atoms with Gasteiger partial charge in [-0.2, -0.15) is 0 Å². The van der Waals surface area contributed by atoms with E-state index in [2.05, 4.69) is 4.57 Å². The number of ether oxygens (including phenoxy) is 1. The summed E-state index contributed by atoms with van der Waals surface area (Å²) in [6, 6.07) is 19.8. The van der Waals surface area contributed by atoms with Gasteiger partial charge in [-0.3, -0.25) is 0 Å². The molecule has 0 saturated heterocycles. The van der Waals surface area contributed by atoms with Crippen molar-refractivity contribution in [2.45, 2.75) is 38.3 Å². The number of aromatic nitrogens is 2. The molecule has 0 spiro atoms. The number of hydrogen-bond acceptors (Lipinski definition) is 4. The number of hydrogen-bond donors (Lipinski definition) is 2. The third-order valence-electron chi connectivity index (χ3n) is 6.35. The normalized spacial score (nSPS) is 13.9. The summed E-state index contributed by atoms with van der Waals surface area (Å²) in [5.41, 5.74) is 3.94. The lowest BCUT2D eigenvalue weighted by atomic mass is 10.1.